The number of halogens is 2. The molecule has 0 unspecified atom stereocenters. The Morgan fingerprint density at radius 3 is 2.48 bits per heavy atom. The van der Waals surface area contributed by atoms with Crippen LogP contribution in [0.15, 0.2) is 23.1 Å². The molecule has 0 heterocycles. The Balaban J connectivity index is 2.15. The lowest BCUT2D eigenvalue weighted by molar-refractivity contribution is 0.0867. The van der Waals surface area contributed by atoms with Crippen molar-refractivity contribution in [1.29, 1.82) is 0 Å². The number of hydrogen-bond acceptors (Lipinski definition) is 3. The summed E-state index contributed by atoms with van der Waals surface area (Å²) in [6.07, 6.45) is 4.82. The second-order valence-electron chi connectivity index (χ2n) is 5.62. The van der Waals surface area contributed by atoms with Crippen molar-refractivity contribution in [3.8, 4) is 0 Å². The van der Waals surface area contributed by atoms with Gasteiger partial charge in [0.25, 0.3) is 0 Å². The number of aliphatic hydroxyl groups is 1. The second-order valence-corrected chi connectivity index (χ2v) is 8.20. The van der Waals surface area contributed by atoms with Crippen LogP contribution >= 0.6 is 23.2 Å². The third-order valence-corrected chi connectivity index (χ3v) is 6.19. The van der Waals surface area contributed by atoms with Crippen LogP contribution in [0.2, 0.25) is 10.0 Å². The van der Waals surface area contributed by atoms with Crippen LogP contribution in [-0.2, 0) is 10.0 Å². The fraction of sp³-hybridized carbons (Fsp3) is 0.571. The number of sulfonamides is 1. The molecule has 1 aromatic rings. The van der Waals surface area contributed by atoms with Gasteiger partial charge in [0.15, 0.2) is 0 Å². The lowest BCUT2D eigenvalue weighted by Crippen LogP contribution is -2.41. The highest BCUT2D eigenvalue weighted by Crippen LogP contribution is 2.35. The second kappa shape index (κ2) is 6.84. The van der Waals surface area contributed by atoms with Gasteiger partial charge in [0, 0.05) is 23.6 Å². The van der Waals surface area contributed by atoms with Crippen molar-refractivity contribution in [1.82, 2.24) is 4.72 Å². The van der Waals surface area contributed by atoms with Gasteiger partial charge >= 0.3 is 0 Å². The third-order valence-electron chi connectivity index (χ3n) is 4.07. The van der Waals surface area contributed by atoms with Crippen molar-refractivity contribution in [3.63, 3.8) is 0 Å². The van der Waals surface area contributed by atoms with Crippen molar-refractivity contribution in [2.45, 2.75) is 37.0 Å². The van der Waals surface area contributed by atoms with E-state index in [9.17, 15) is 13.5 Å². The van der Waals surface area contributed by atoms with Crippen molar-refractivity contribution in [2.75, 3.05) is 13.2 Å². The highest BCUT2D eigenvalue weighted by molar-refractivity contribution is 7.89. The van der Waals surface area contributed by atoms with E-state index >= 15 is 0 Å². The lowest BCUT2D eigenvalue weighted by Gasteiger charge is -2.35. The maximum absolute atomic E-state index is 12.4. The minimum atomic E-state index is -3.74. The van der Waals surface area contributed by atoms with Gasteiger partial charge in [-0.05, 0) is 31.0 Å². The number of hydrogen-bond donors (Lipinski definition) is 2. The summed E-state index contributed by atoms with van der Waals surface area (Å²) in [5.74, 6) is 0. The molecule has 0 atom stereocenters. The number of rotatable bonds is 5. The van der Waals surface area contributed by atoms with Gasteiger partial charge in [0.1, 0.15) is 4.90 Å². The summed E-state index contributed by atoms with van der Waals surface area (Å²) in [5.41, 5.74) is -0.365. The Morgan fingerprint density at radius 2 is 1.86 bits per heavy atom. The minimum absolute atomic E-state index is 0.0151. The van der Waals surface area contributed by atoms with Gasteiger partial charge in [-0.1, -0.05) is 42.5 Å². The summed E-state index contributed by atoms with van der Waals surface area (Å²) in [6.45, 7) is 0.202. The smallest absolute Gasteiger partial charge is 0.242 e. The van der Waals surface area contributed by atoms with Crippen LogP contribution in [0, 0.1) is 5.41 Å². The Kier molecular flexibility index (Phi) is 5.54. The molecule has 0 radical (unpaired) electrons. The Labute approximate surface area is 135 Å². The predicted octanol–water partition coefficient (Wildman–Crippen LogP) is 3.21. The molecule has 1 aliphatic carbocycles. The number of aliphatic hydroxyl groups excluding tert-OH is 1. The minimum Gasteiger partial charge on any atom is -0.396 e. The van der Waals surface area contributed by atoms with E-state index in [4.69, 9.17) is 23.2 Å². The fourth-order valence-electron chi connectivity index (χ4n) is 2.70. The fourth-order valence-corrected chi connectivity index (χ4v) is 4.62. The van der Waals surface area contributed by atoms with Crippen LogP contribution in [0.25, 0.3) is 0 Å². The van der Waals surface area contributed by atoms with Gasteiger partial charge in [-0.3, -0.25) is 0 Å². The van der Waals surface area contributed by atoms with Gasteiger partial charge in [-0.15, -0.1) is 0 Å². The van der Waals surface area contributed by atoms with Crippen LogP contribution in [-0.4, -0.2) is 26.7 Å². The van der Waals surface area contributed by atoms with Crippen LogP contribution in [0.1, 0.15) is 32.1 Å². The summed E-state index contributed by atoms with van der Waals surface area (Å²) >= 11 is 11.8. The SMILES string of the molecule is O=S(=O)(NCC1(CO)CCCCC1)c1cc(Cl)ccc1Cl. The molecule has 7 heteroatoms. The zero-order valence-corrected chi connectivity index (χ0v) is 13.9. The number of nitrogens with one attached hydrogen (secondary N) is 1. The van der Waals surface area contributed by atoms with Gasteiger partial charge in [-0.25, -0.2) is 13.1 Å². The highest BCUT2D eigenvalue weighted by atomic mass is 35.5. The van der Waals surface area contributed by atoms with Crippen LogP contribution in [0.3, 0.4) is 0 Å². The maximum atomic E-state index is 12.4. The first-order valence-electron chi connectivity index (χ1n) is 6.94. The first-order chi connectivity index (χ1) is 9.88. The van der Waals surface area contributed by atoms with E-state index in [0.717, 1.165) is 32.1 Å². The van der Waals surface area contributed by atoms with Crippen molar-refractivity contribution in [3.05, 3.63) is 28.2 Å². The van der Waals surface area contributed by atoms with E-state index in [1.807, 2.05) is 0 Å². The summed E-state index contributed by atoms with van der Waals surface area (Å²) in [4.78, 5) is -0.0273. The van der Waals surface area contributed by atoms with Crippen molar-refractivity contribution in [2.24, 2.45) is 5.41 Å². The van der Waals surface area contributed by atoms with E-state index in [0.29, 0.717) is 5.02 Å². The van der Waals surface area contributed by atoms with Crippen molar-refractivity contribution >= 4 is 33.2 Å². The van der Waals surface area contributed by atoms with Gasteiger partial charge < -0.3 is 5.11 Å². The van der Waals surface area contributed by atoms with E-state index in [1.54, 1.807) is 6.07 Å². The Hall–Kier alpha value is -0.330. The predicted molar refractivity (Wildman–Crippen MR) is 84.3 cm³/mol. The molecule has 0 aromatic heterocycles. The Morgan fingerprint density at radius 1 is 1.19 bits per heavy atom. The zero-order chi connectivity index (χ0) is 15.5. The molecule has 118 valence electrons. The summed E-state index contributed by atoms with van der Waals surface area (Å²) in [5, 5.41) is 10.1. The maximum Gasteiger partial charge on any atom is 0.242 e. The molecule has 1 fully saturated rings. The third kappa shape index (κ3) is 4.11. The van der Waals surface area contributed by atoms with Crippen LogP contribution in [0.4, 0.5) is 0 Å². The van der Waals surface area contributed by atoms with Gasteiger partial charge in [-0.2, -0.15) is 0 Å². The van der Waals surface area contributed by atoms with Crippen molar-refractivity contribution < 1.29 is 13.5 Å². The van der Waals surface area contributed by atoms with Crippen LogP contribution in [0.5, 0.6) is 0 Å². The summed E-state index contributed by atoms with van der Waals surface area (Å²) in [7, 11) is -3.74. The van der Waals surface area contributed by atoms with E-state index < -0.39 is 10.0 Å². The highest BCUT2D eigenvalue weighted by Gasteiger charge is 2.33. The van der Waals surface area contributed by atoms with E-state index in [1.165, 1.54) is 12.1 Å². The summed E-state index contributed by atoms with van der Waals surface area (Å²) < 4.78 is 27.3. The average Bonchev–Trinajstić information content (AvgIpc) is 2.49. The molecule has 2 rings (SSSR count). The quantitative estimate of drug-likeness (QED) is 0.855. The molecule has 0 amide bonds. The molecule has 0 bridgehead atoms. The molecule has 0 aliphatic heterocycles. The normalized spacial score (nSPS) is 18.6. The zero-order valence-electron chi connectivity index (χ0n) is 11.6. The molecule has 1 aromatic carbocycles. The van der Waals surface area contributed by atoms with Crippen LogP contribution < -0.4 is 4.72 Å². The molecule has 21 heavy (non-hydrogen) atoms. The number of benzene rings is 1. The first-order valence-corrected chi connectivity index (χ1v) is 9.18. The topological polar surface area (TPSA) is 66.4 Å². The first kappa shape index (κ1) is 17.0. The van der Waals surface area contributed by atoms with Gasteiger partial charge in [0.05, 0.1) is 5.02 Å². The molecule has 1 saturated carbocycles. The molecular weight excluding hydrogens is 333 g/mol. The monoisotopic (exact) mass is 351 g/mol. The Bertz CT molecular complexity index is 598. The molecule has 1 aliphatic rings. The van der Waals surface area contributed by atoms with E-state index in [-0.39, 0.29) is 28.5 Å². The lowest BCUT2D eigenvalue weighted by atomic mass is 9.75. The molecular formula is C14H19Cl2NO3S. The standard InChI is InChI=1S/C14H19Cl2NO3S/c15-11-4-5-12(16)13(8-11)21(19,20)17-9-14(10-18)6-2-1-3-7-14/h4-5,8,17-18H,1-3,6-7,9-10H2. The molecule has 0 saturated heterocycles. The largest absolute Gasteiger partial charge is 0.396 e. The van der Waals surface area contributed by atoms with Gasteiger partial charge in [0.2, 0.25) is 10.0 Å². The van der Waals surface area contributed by atoms with E-state index in [2.05, 4.69) is 4.72 Å². The molecule has 4 nitrogen and oxygen atoms in total. The summed E-state index contributed by atoms with van der Waals surface area (Å²) in [6, 6.07) is 4.33. The average molecular weight is 352 g/mol. The molecule has 2 N–H and O–H groups in total. The molecule has 0 spiro atoms.